The van der Waals surface area contributed by atoms with Crippen molar-refractivity contribution in [3.05, 3.63) is 59.7 Å². The highest BCUT2D eigenvalue weighted by atomic mass is 16.5. The molecule has 0 radical (unpaired) electrons. The summed E-state index contributed by atoms with van der Waals surface area (Å²) in [7, 11) is 0. The molecule has 2 aliphatic heterocycles. The van der Waals surface area contributed by atoms with E-state index >= 15 is 0 Å². The molecule has 4 rings (SSSR count). The number of hydrogen-bond acceptors (Lipinski definition) is 3. The minimum atomic E-state index is -0.600. The molecule has 1 amide bonds. The fraction of sp³-hybridized carbons (Fsp3) is 0.350. The highest BCUT2D eigenvalue weighted by Gasteiger charge is 2.40. The summed E-state index contributed by atoms with van der Waals surface area (Å²) in [6, 6.07) is 16.2. The van der Waals surface area contributed by atoms with Crippen molar-refractivity contribution in [2.45, 2.75) is 37.8 Å². The number of para-hydroxylation sites is 2. The van der Waals surface area contributed by atoms with Gasteiger partial charge in [0.05, 0.1) is 6.61 Å². The van der Waals surface area contributed by atoms with Gasteiger partial charge in [-0.05, 0) is 31.5 Å². The number of fused-ring (bicyclic) bond motifs is 2. The summed E-state index contributed by atoms with van der Waals surface area (Å²) in [4.78, 5) is 12.9. The minimum Gasteiger partial charge on any atom is -0.493 e. The summed E-state index contributed by atoms with van der Waals surface area (Å²) in [6.07, 6.45) is 0.708. The zero-order valence-electron chi connectivity index (χ0n) is 14.0. The molecule has 0 saturated carbocycles. The Bertz CT molecular complexity index is 762. The fourth-order valence-corrected chi connectivity index (χ4v) is 3.72. The Hall–Kier alpha value is -2.49. The van der Waals surface area contributed by atoms with Crippen LogP contribution in [-0.4, -0.2) is 24.1 Å². The molecule has 0 spiro atoms. The maximum absolute atomic E-state index is 12.9. The van der Waals surface area contributed by atoms with E-state index in [-0.39, 0.29) is 17.9 Å². The summed E-state index contributed by atoms with van der Waals surface area (Å²) in [5.74, 6) is 1.16. The molecule has 24 heavy (non-hydrogen) atoms. The van der Waals surface area contributed by atoms with Crippen LogP contribution in [0.4, 0.5) is 5.69 Å². The van der Waals surface area contributed by atoms with Gasteiger partial charge in [0.15, 0.2) is 0 Å². The van der Waals surface area contributed by atoms with E-state index in [4.69, 9.17) is 4.74 Å². The lowest BCUT2D eigenvalue weighted by Gasteiger charge is -2.28. The third kappa shape index (κ3) is 2.42. The molecule has 0 aliphatic carbocycles. The second-order valence-corrected chi connectivity index (χ2v) is 7.01. The Kier molecular flexibility index (Phi) is 3.48. The van der Waals surface area contributed by atoms with Gasteiger partial charge in [-0.1, -0.05) is 36.4 Å². The predicted octanol–water partition coefficient (Wildman–Crippen LogP) is 3.09. The molecule has 0 aromatic heterocycles. The van der Waals surface area contributed by atoms with Crippen molar-refractivity contribution in [2.75, 3.05) is 11.9 Å². The lowest BCUT2D eigenvalue weighted by atomic mass is 9.92. The van der Waals surface area contributed by atoms with Crippen LogP contribution in [0, 0.1) is 0 Å². The molecule has 2 aromatic rings. The van der Waals surface area contributed by atoms with Gasteiger partial charge in [0.2, 0.25) is 5.91 Å². The zero-order chi connectivity index (χ0) is 16.7. The van der Waals surface area contributed by atoms with Gasteiger partial charge < -0.3 is 15.4 Å². The van der Waals surface area contributed by atoms with E-state index in [1.165, 1.54) is 11.1 Å². The predicted molar refractivity (Wildman–Crippen MR) is 94.5 cm³/mol. The first kappa shape index (κ1) is 15.1. The van der Waals surface area contributed by atoms with Crippen LogP contribution in [0.5, 0.6) is 5.75 Å². The van der Waals surface area contributed by atoms with E-state index in [0.29, 0.717) is 13.0 Å². The highest BCUT2D eigenvalue weighted by molar-refractivity contribution is 5.92. The van der Waals surface area contributed by atoms with Crippen LogP contribution in [0.3, 0.4) is 0 Å². The molecule has 3 atom stereocenters. The number of amides is 1. The molecule has 4 nitrogen and oxygen atoms in total. The largest absolute Gasteiger partial charge is 0.493 e. The van der Waals surface area contributed by atoms with Gasteiger partial charge in [-0.3, -0.25) is 4.79 Å². The van der Waals surface area contributed by atoms with Crippen molar-refractivity contribution in [2.24, 2.45) is 0 Å². The lowest BCUT2D eigenvalue weighted by molar-refractivity contribution is -0.125. The molecular weight excluding hydrogens is 300 g/mol. The van der Waals surface area contributed by atoms with E-state index in [9.17, 15) is 4.79 Å². The Morgan fingerprint density at radius 3 is 2.83 bits per heavy atom. The molecule has 0 bridgehead atoms. The highest BCUT2D eigenvalue weighted by Crippen LogP contribution is 2.36. The molecule has 3 unspecified atom stereocenters. The third-order valence-electron chi connectivity index (χ3n) is 5.17. The van der Waals surface area contributed by atoms with Crippen LogP contribution in [-0.2, 0) is 11.2 Å². The van der Waals surface area contributed by atoms with Gasteiger partial charge >= 0.3 is 0 Å². The molecule has 2 N–H and O–H groups in total. The van der Waals surface area contributed by atoms with Gasteiger partial charge in [-0.15, -0.1) is 0 Å². The standard InChI is InChI=1S/C20H22N2O2/c1-13(16-12-24-18-10-6-4-8-15(16)18)21-19(23)20(2)11-14-7-3-5-9-17(14)22-20/h3-10,13,16,22H,11-12H2,1-2H3,(H,21,23). The smallest absolute Gasteiger partial charge is 0.245 e. The third-order valence-corrected chi connectivity index (χ3v) is 5.17. The topological polar surface area (TPSA) is 50.4 Å². The van der Waals surface area contributed by atoms with Crippen molar-refractivity contribution in [3.63, 3.8) is 0 Å². The summed E-state index contributed by atoms with van der Waals surface area (Å²) < 4.78 is 5.75. The second-order valence-electron chi connectivity index (χ2n) is 7.01. The van der Waals surface area contributed by atoms with Crippen LogP contribution in [0.15, 0.2) is 48.5 Å². The number of carbonyl (C=O) groups excluding carboxylic acids is 1. The first-order valence-electron chi connectivity index (χ1n) is 8.46. The van der Waals surface area contributed by atoms with E-state index < -0.39 is 5.54 Å². The van der Waals surface area contributed by atoms with Crippen molar-refractivity contribution in [1.82, 2.24) is 5.32 Å². The number of hydrogen-bond donors (Lipinski definition) is 2. The number of rotatable bonds is 3. The van der Waals surface area contributed by atoms with Crippen molar-refractivity contribution < 1.29 is 9.53 Å². The lowest BCUT2D eigenvalue weighted by Crippen LogP contribution is -2.52. The first-order valence-corrected chi connectivity index (χ1v) is 8.46. The average Bonchev–Trinajstić information content (AvgIpc) is 3.15. The summed E-state index contributed by atoms with van der Waals surface area (Å²) in [5, 5.41) is 6.58. The average molecular weight is 322 g/mol. The first-order chi connectivity index (χ1) is 11.6. The number of benzene rings is 2. The van der Waals surface area contributed by atoms with Crippen LogP contribution in [0.25, 0.3) is 0 Å². The Labute approximate surface area is 142 Å². The van der Waals surface area contributed by atoms with Gasteiger partial charge in [0.1, 0.15) is 11.3 Å². The summed E-state index contributed by atoms with van der Waals surface area (Å²) >= 11 is 0. The zero-order valence-corrected chi connectivity index (χ0v) is 14.0. The molecule has 124 valence electrons. The van der Waals surface area contributed by atoms with Gasteiger partial charge in [0.25, 0.3) is 0 Å². The Morgan fingerprint density at radius 2 is 2.00 bits per heavy atom. The van der Waals surface area contributed by atoms with E-state index in [1.807, 2.05) is 43.3 Å². The van der Waals surface area contributed by atoms with Crippen molar-refractivity contribution >= 4 is 11.6 Å². The maximum Gasteiger partial charge on any atom is 0.245 e. The fourth-order valence-electron chi connectivity index (χ4n) is 3.72. The Morgan fingerprint density at radius 1 is 1.25 bits per heavy atom. The second kappa shape index (κ2) is 5.55. The molecule has 2 aromatic carbocycles. The monoisotopic (exact) mass is 322 g/mol. The Balaban J connectivity index is 1.47. The van der Waals surface area contributed by atoms with E-state index in [0.717, 1.165) is 11.4 Å². The molecule has 2 heterocycles. The van der Waals surface area contributed by atoms with Crippen LogP contribution < -0.4 is 15.4 Å². The quantitative estimate of drug-likeness (QED) is 0.913. The molecule has 0 fully saturated rings. The summed E-state index contributed by atoms with van der Waals surface area (Å²) in [5.41, 5.74) is 2.82. The van der Waals surface area contributed by atoms with Crippen LogP contribution in [0.2, 0.25) is 0 Å². The van der Waals surface area contributed by atoms with Gasteiger partial charge in [0, 0.05) is 29.6 Å². The number of anilines is 1. The normalized spacial score (nSPS) is 25.2. The molecule has 2 aliphatic rings. The minimum absolute atomic E-state index is 0.0171. The van der Waals surface area contributed by atoms with Gasteiger partial charge in [-0.2, -0.15) is 0 Å². The number of carbonyl (C=O) groups is 1. The maximum atomic E-state index is 12.9. The molecule has 0 saturated heterocycles. The molecule has 4 heteroatoms. The summed E-state index contributed by atoms with van der Waals surface area (Å²) in [6.45, 7) is 4.64. The van der Waals surface area contributed by atoms with Crippen LogP contribution >= 0.6 is 0 Å². The van der Waals surface area contributed by atoms with Crippen molar-refractivity contribution in [3.8, 4) is 5.75 Å². The van der Waals surface area contributed by atoms with Crippen molar-refractivity contribution in [1.29, 1.82) is 0 Å². The van der Waals surface area contributed by atoms with Crippen LogP contribution in [0.1, 0.15) is 30.9 Å². The molecular formula is C20H22N2O2. The SMILES string of the molecule is CC(NC(=O)C1(C)Cc2ccccc2N1)C1COc2ccccc21. The van der Waals surface area contributed by atoms with E-state index in [2.05, 4.69) is 29.7 Å². The van der Waals surface area contributed by atoms with E-state index in [1.54, 1.807) is 0 Å². The number of nitrogens with one attached hydrogen (secondary N) is 2. The number of ether oxygens (including phenoxy) is 1. The van der Waals surface area contributed by atoms with Gasteiger partial charge in [-0.25, -0.2) is 0 Å².